The van der Waals surface area contributed by atoms with Crippen molar-refractivity contribution in [2.75, 3.05) is 4.90 Å². The summed E-state index contributed by atoms with van der Waals surface area (Å²) >= 11 is 0. The van der Waals surface area contributed by atoms with Gasteiger partial charge in [0.15, 0.2) is 0 Å². The Morgan fingerprint density at radius 1 is 1.32 bits per heavy atom. The smallest absolute Gasteiger partial charge is 0.262 e. The van der Waals surface area contributed by atoms with Crippen LogP contribution in [0, 0.1) is 11.3 Å². The standard InChI is InChI=1S/C15H10N2O2/c16-9-13-6-5-11-3-1-2-4-14(11)17(13)15(18)12-7-8-19-10-12/h1-8,10,13H. The highest BCUT2D eigenvalue weighted by Gasteiger charge is 2.29. The van der Waals surface area contributed by atoms with Gasteiger partial charge in [0, 0.05) is 0 Å². The van der Waals surface area contributed by atoms with Gasteiger partial charge >= 0.3 is 0 Å². The average Bonchev–Trinajstić information content (AvgIpc) is 2.99. The van der Waals surface area contributed by atoms with Crippen LogP contribution in [0.15, 0.2) is 53.4 Å². The largest absolute Gasteiger partial charge is 0.472 e. The lowest BCUT2D eigenvalue weighted by Crippen LogP contribution is -2.40. The lowest BCUT2D eigenvalue weighted by atomic mass is 10.0. The van der Waals surface area contributed by atoms with Crippen LogP contribution in [0.1, 0.15) is 15.9 Å². The third-order valence-electron chi connectivity index (χ3n) is 3.05. The first-order valence-electron chi connectivity index (χ1n) is 5.84. The summed E-state index contributed by atoms with van der Waals surface area (Å²) in [6.45, 7) is 0. The first-order chi connectivity index (χ1) is 9.31. The number of furan rings is 1. The molecule has 3 rings (SSSR count). The molecule has 92 valence electrons. The zero-order valence-electron chi connectivity index (χ0n) is 9.98. The molecule has 1 atom stereocenters. The van der Waals surface area contributed by atoms with Crippen molar-refractivity contribution >= 4 is 17.7 Å². The van der Waals surface area contributed by atoms with Crippen LogP contribution in [0.25, 0.3) is 6.08 Å². The molecule has 0 N–H and O–H groups in total. The van der Waals surface area contributed by atoms with Crippen LogP contribution < -0.4 is 4.90 Å². The summed E-state index contributed by atoms with van der Waals surface area (Å²) < 4.78 is 4.93. The fraction of sp³-hybridized carbons (Fsp3) is 0.0667. The Hall–Kier alpha value is -2.80. The molecule has 2 aromatic rings. The van der Waals surface area contributed by atoms with Crippen molar-refractivity contribution in [3.63, 3.8) is 0 Å². The molecular formula is C15H10N2O2. The number of amides is 1. The summed E-state index contributed by atoms with van der Waals surface area (Å²) in [6, 6.07) is 10.6. The number of benzene rings is 1. The molecule has 0 saturated heterocycles. The summed E-state index contributed by atoms with van der Waals surface area (Å²) in [6.07, 6.45) is 6.42. The molecule has 4 nitrogen and oxygen atoms in total. The zero-order chi connectivity index (χ0) is 13.2. The van der Waals surface area contributed by atoms with Crippen molar-refractivity contribution in [2.24, 2.45) is 0 Å². The van der Waals surface area contributed by atoms with E-state index in [4.69, 9.17) is 4.42 Å². The quantitative estimate of drug-likeness (QED) is 0.782. The van der Waals surface area contributed by atoms with E-state index in [0.717, 1.165) is 11.3 Å². The number of anilines is 1. The molecule has 0 aliphatic carbocycles. The SMILES string of the molecule is N#CC1C=Cc2ccccc2N1C(=O)c1ccoc1. The van der Waals surface area contributed by atoms with Crippen LogP contribution in [-0.2, 0) is 0 Å². The molecule has 2 heterocycles. The van der Waals surface area contributed by atoms with Gasteiger partial charge in [-0.2, -0.15) is 5.26 Å². The van der Waals surface area contributed by atoms with Crippen molar-refractivity contribution in [1.29, 1.82) is 5.26 Å². The zero-order valence-corrected chi connectivity index (χ0v) is 9.98. The van der Waals surface area contributed by atoms with Crippen LogP contribution >= 0.6 is 0 Å². The van der Waals surface area contributed by atoms with Crippen LogP contribution in [-0.4, -0.2) is 11.9 Å². The van der Waals surface area contributed by atoms with Crippen molar-refractivity contribution in [1.82, 2.24) is 0 Å². The number of nitriles is 1. The third-order valence-corrected chi connectivity index (χ3v) is 3.05. The maximum absolute atomic E-state index is 12.5. The molecule has 0 fully saturated rings. The molecule has 1 aromatic heterocycles. The van der Waals surface area contributed by atoms with Gasteiger partial charge in [0.25, 0.3) is 5.91 Å². The van der Waals surface area contributed by atoms with Crippen LogP contribution in [0.4, 0.5) is 5.69 Å². The molecule has 0 spiro atoms. The molecule has 1 amide bonds. The van der Waals surface area contributed by atoms with Gasteiger partial charge in [-0.15, -0.1) is 0 Å². The maximum atomic E-state index is 12.5. The van der Waals surface area contributed by atoms with Crippen molar-refractivity contribution in [3.05, 3.63) is 60.1 Å². The molecule has 4 heteroatoms. The first kappa shape index (κ1) is 11.3. The summed E-state index contributed by atoms with van der Waals surface area (Å²) in [5.74, 6) is -0.239. The van der Waals surface area contributed by atoms with E-state index in [0.29, 0.717) is 5.56 Å². The van der Waals surface area contributed by atoms with E-state index < -0.39 is 6.04 Å². The number of carbonyl (C=O) groups is 1. The minimum atomic E-state index is -0.600. The average molecular weight is 250 g/mol. The van der Waals surface area contributed by atoms with Gasteiger partial charge in [0.05, 0.1) is 23.6 Å². The Labute approximate surface area is 110 Å². The predicted octanol–water partition coefficient (Wildman–Crippen LogP) is 2.85. The Morgan fingerprint density at radius 2 is 2.16 bits per heavy atom. The maximum Gasteiger partial charge on any atom is 0.262 e. The monoisotopic (exact) mass is 250 g/mol. The Kier molecular flexibility index (Phi) is 2.66. The third kappa shape index (κ3) is 1.81. The molecule has 0 saturated carbocycles. The second-order valence-corrected chi connectivity index (χ2v) is 4.18. The van der Waals surface area contributed by atoms with Gasteiger partial charge in [0.2, 0.25) is 0 Å². The normalized spacial score (nSPS) is 16.8. The fourth-order valence-electron chi connectivity index (χ4n) is 2.14. The topological polar surface area (TPSA) is 57.2 Å². The lowest BCUT2D eigenvalue weighted by molar-refractivity contribution is 0.0984. The van der Waals surface area contributed by atoms with Gasteiger partial charge in [-0.1, -0.05) is 24.3 Å². The fourth-order valence-corrected chi connectivity index (χ4v) is 2.14. The second-order valence-electron chi connectivity index (χ2n) is 4.18. The molecule has 1 aliphatic heterocycles. The minimum absolute atomic E-state index is 0.239. The van der Waals surface area contributed by atoms with E-state index in [1.807, 2.05) is 30.3 Å². The van der Waals surface area contributed by atoms with Crippen molar-refractivity contribution in [3.8, 4) is 6.07 Å². The molecular weight excluding hydrogens is 240 g/mol. The highest BCUT2D eigenvalue weighted by atomic mass is 16.3. The highest BCUT2D eigenvalue weighted by molar-refractivity contribution is 6.08. The van der Waals surface area contributed by atoms with E-state index in [2.05, 4.69) is 6.07 Å². The van der Waals surface area contributed by atoms with Crippen molar-refractivity contribution in [2.45, 2.75) is 6.04 Å². The van der Waals surface area contributed by atoms with Crippen LogP contribution in [0.3, 0.4) is 0 Å². The number of para-hydroxylation sites is 1. The number of hydrogen-bond donors (Lipinski definition) is 0. The number of carbonyl (C=O) groups excluding carboxylic acids is 1. The lowest BCUT2D eigenvalue weighted by Gasteiger charge is -2.29. The highest BCUT2D eigenvalue weighted by Crippen LogP contribution is 2.30. The van der Waals surface area contributed by atoms with Crippen molar-refractivity contribution < 1.29 is 9.21 Å². The van der Waals surface area contributed by atoms with Gasteiger partial charge < -0.3 is 4.42 Å². The summed E-state index contributed by atoms with van der Waals surface area (Å²) in [4.78, 5) is 14.0. The molecule has 1 aromatic carbocycles. The van der Waals surface area contributed by atoms with E-state index in [1.165, 1.54) is 17.4 Å². The summed E-state index contributed by atoms with van der Waals surface area (Å²) in [5.41, 5.74) is 2.10. The number of fused-ring (bicyclic) bond motifs is 1. The molecule has 0 bridgehead atoms. The minimum Gasteiger partial charge on any atom is -0.472 e. The van der Waals surface area contributed by atoms with Gasteiger partial charge in [-0.3, -0.25) is 9.69 Å². The number of rotatable bonds is 1. The second kappa shape index (κ2) is 4.46. The molecule has 19 heavy (non-hydrogen) atoms. The van der Waals surface area contributed by atoms with Crippen LogP contribution in [0.2, 0.25) is 0 Å². The Bertz CT molecular complexity index is 680. The van der Waals surface area contributed by atoms with Gasteiger partial charge in [-0.05, 0) is 23.8 Å². The van der Waals surface area contributed by atoms with E-state index in [9.17, 15) is 10.1 Å². The molecule has 0 radical (unpaired) electrons. The summed E-state index contributed by atoms with van der Waals surface area (Å²) in [7, 11) is 0. The predicted molar refractivity (Wildman–Crippen MR) is 70.4 cm³/mol. The summed E-state index contributed by atoms with van der Waals surface area (Å²) in [5, 5.41) is 9.21. The Balaban J connectivity index is 2.10. The number of hydrogen-bond acceptors (Lipinski definition) is 3. The van der Waals surface area contributed by atoms with Gasteiger partial charge in [0.1, 0.15) is 12.3 Å². The number of nitrogens with zero attached hydrogens (tertiary/aromatic N) is 2. The van der Waals surface area contributed by atoms with E-state index in [-0.39, 0.29) is 5.91 Å². The first-order valence-corrected chi connectivity index (χ1v) is 5.84. The molecule has 1 aliphatic rings. The van der Waals surface area contributed by atoms with E-state index >= 15 is 0 Å². The van der Waals surface area contributed by atoms with Gasteiger partial charge in [-0.25, -0.2) is 0 Å². The van der Waals surface area contributed by atoms with Crippen LogP contribution in [0.5, 0.6) is 0 Å². The Morgan fingerprint density at radius 3 is 2.89 bits per heavy atom. The molecule has 1 unspecified atom stereocenters. The van der Waals surface area contributed by atoms with E-state index in [1.54, 1.807) is 12.1 Å².